The van der Waals surface area contributed by atoms with Crippen LogP contribution in [0.5, 0.6) is 0 Å². The van der Waals surface area contributed by atoms with Crippen LogP contribution in [0.4, 0.5) is 0 Å². The average molecular weight is 254 g/mol. The molecule has 0 aromatic heterocycles. The third-order valence-electron chi connectivity index (χ3n) is 1.94. The summed E-state index contributed by atoms with van der Waals surface area (Å²) in [7, 11) is 1.59. The van der Waals surface area contributed by atoms with Gasteiger partial charge in [-0.2, -0.15) is 0 Å². The van der Waals surface area contributed by atoms with Crippen molar-refractivity contribution in [3.8, 4) is 0 Å². The molecule has 6 nitrogen and oxygen atoms in total. The summed E-state index contributed by atoms with van der Waals surface area (Å²) in [6.07, 6.45) is 0.385. The topological polar surface area (TPSA) is 113 Å². The van der Waals surface area contributed by atoms with Crippen LogP contribution in [0, 0.1) is 0 Å². The molecule has 0 unspecified atom stereocenters. The van der Waals surface area contributed by atoms with Gasteiger partial charge in [-0.25, -0.2) is 0 Å². The van der Waals surface area contributed by atoms with Crippen molar-refractivity contribution in [3.05, 3.63) is 35.9 Å². The number of rotatable bonds is 5. The van der Waals surface area contributed by atoms with Crippen LogP contribution in [0.15, 0.2) is 30.3 Å². The monoisotopic (exact) mass is 254 g/mol. The molecule has 0 saturated carbocycles. The number of benzene rings is 1. The third-order valence-corrected chi connectivity index (χ3v) is 1.94. The maximum absolute atomic E-state index is 10.4. The molecule has 18 heavy (non-hydrogen) atoms. The molecule has 0 radical (unpaired) electrons. The van der Waals surface area contributed by atoms with Crippen LogP contribution >= 0.6 is 0 Å². The maximum Gasteiger partial charge on any atom is 0.320 e. The van der Waals surface area contributed by atoms with E-state index in [1.807, 2.05) is 30.3 Å². The Morgan fingerprint density at radius 3 is 2.17 bits per heavy atom. The molecular weight excluding hydrogens is 236 g/mol. The number of carboxylic acid groups (broad SMARTS) is 2. The Balaban J connectivity index is 0.000000411. The lowest BCUT2D eigenvalue weighted by molar-refractivity contribution is -0.138. The molecule has 1 atom stereocenters. The van der Waals surface area contributed by atoms with Crippen LogP contribution < -0.4 is 11.1 Å². The van der Waals surface area contributed by atoms with Crippen molar-refractivity contribution in [3.63, 3.8) is 0 Å². The molecule has 0 aliphatic rings. The number of nitrogens with one attached hydrogen (secondary N) is 1. The maximum atomic E-state index is 10.4. The van der Waals surface area contributed by atoms with E-state index < -0.39 is 18.0 Å². The molecule has 0 heterocycles. The molecule has 100 valence electrons. The fourth-order valence-electron chi connectivity index (χ4n) is 1.11. The summed E-state index contributed by atoms with van der Waals surface area (Å²) in [6.45, 7) is 0.0417. The van der Waals surface area contributed by atoms with Gasteiger partial charge in [0.1, 0.15) is 6.04 Å². The van der Waals surface area contributed by atoms with Gasteiger partial charge in [0.2, 0.25) is 0 Å². The molecule has 0 saturated heterocycles. The van der Waals surface area contributed by atoms with Crippen molar-refractivity contribution in [1.29, 1.82) is 0 Å². The molecule has 0 bridgehead atoms. The number of hydrogen-bond donors (Lipinski definition) is 4. The van der Waals surface area contributed by atoms with E-state index in [0.717, 1.165) is 5.56 Å². The fraction of sp³-hybridized carbons (Fsp3) is 0.333. The molecule has 0 spiro atoms. The Kier molecular flexibility index (Phi) is 8.17. The predicted octanol–water partition coefficient (Wildman–Crippen LogP) is -0.0686. The molecular formula is C12H18N2O4. The van der Waals surface area contributed by atoms with Crippen LogP contribution in [0.3, 0.4) is 0 Å². The van der Waals surface area contributed by atoms with Gasteiger partial charge in [0.25, 0.3) is 0 Å². The summed E-state index contributed by atoms with van der Waals surface area (Å²) in [6, 6.07) is 8.54. The first-order chi connectivity index (χ1) is 8.47. The standard InChI is InChI=1S/C9H11NO2.C3H7NO2/c10-8(9(11)12)6-7-4-2-1-3-5-7;1-4-2-3(5)6/h1-5,8H,6,10H2,(H,11,12);4H,2H2,1H3,(H,5,6)/t8-;/m0./s1. The van der Waals surface area contributed by atoms with Gasteiger partial charge in [-0.1, -0.05) is 30.3 Å². The predicted molar refractivity (Wildman–Crippen MR) is 67.3 cm³/mol. The Bertz CT molecular complexity index is 368. The fourth-order valence-corrected chi connectivity index (χ4v) is 1.11. The first-order valence-corrected chi connectivity index (χ1v) is 5.36. The van der Waals surface area contributed by atoms with E-state index in [4.69, 9.17) is 15.9 Å². The molecule has 1 rings (SSSR count). The second-order valence-corrected chi connectivity index (χ2v) is 3.56. The van der Waals surface area contributed by atoms with E-state index in [2.05, 4.69) is 5.32 Å². The highest BCUT2D eigenvalue weighted by Crippen LogP contribution is 2.01. The Morgan fingerprint density at radius 2 is 1.83 bits per heavy atom. The zero-order valence-corrected chi connectivity index (χ0v) is 10.2. The largest absolute Gasteiger partial charge is 0.480 e. The number of likely N-dealkylation sites (N-methyl/N-ethyl adjacent to an activating group) is 1. The summed E-state index contributed by atoms with van der Waals surface area (Å²) in [5.74, 6) is -1.78. The molecule has 0 aliphatic heterocycles. The Hall–Kier alpha value is -1.92. The molecule has 0 aliphatic carbocycles. The summed E-state index contributed by atoms with van der Waals surface area (Å²) in [5.41, 5.74) is 6.30. The summed E-state index contributed by atoms with van der Waals surface area (Å²) in [4.78, 5) is 19.9. The van der Waals surface area contributed by atoms with Gasteiger partial charge < -0.3 is 21.3 Å². The lowest BCUT2D eigenvalue weighted by atomic mass is 10.1. The molecule has 0 fully saturated rings. The van der Waals surface area contributed by atoms with Crippen LogP contribution in [-0.2, 0) is 16.0 Å². The summed E-state index contributed by atoms with van der Waals surface area (Å²) < 4.78 is 0. The van der Waals surface area contributed by atoms with Crippen LogP contribution in [0.1, 0.15) is 5.56 Å². The minimum absolute atomic E-state index is 0.0417. The quantitative estimate of drug-likeness (QED) is 0.585. The Labute approximate surface area is 105 Å². The zero-order valence-electron chi connectivity index (χ0n) is 10.2. The first kappa shape index (κ1) is 16.1. The smallest absolute Gasteiger partial charge is 0.320 e. The number of carboxylic acids is 2. The third kappa shape index (κ3) is 8.26. The first-order valence-electron chi connectivity index (χ1n) is 5.36. The minimum Gasteiger partial charge on any atom is -0.480 e. The van der Waals surface area contributed by atoms with E-state index >= 15 is 0 Å². The van der Waals surface area contributed by atoms with Crippen molar-refractivity contribution in [2.45, 2.75) is 12.5 Å². The van der Waals surface area contributed by atoms with E-state index in [1.54, 1.807) is 7.05 Å². The average Bonchev–Trinajstić information content (AvgIpc) is 2.30. The van der Waals surface area contributed by atoms with Crippen LogP contribution in [0.2, 0.25) is 0 Å². The van der Waals surface area contributed by atoms with Crippen molar-refractivity contribution in [1.82, 2.24) is 5.32 Å². The molecule has 6 heteroatoms. The van der Waals surface area contributed by atoms with Crippen molar-refractivity contribution in [2.24, 2.45) is 5.73 Å². The van der Waals surface area contributed by atoms with Crippen molar-refractivity contribution >= 4 is 11.9 Å². The number of hydrogen-bond acceptors (Lipinski definition) is 4. The Morgan fingerprint density at radius 1 is 1.28 bits per heavy atom. The van der Waals surface area contributed by atoms with Gasteiger partial charge in [0.15, 0.2) is 0 Å². The van der Waals surface area contributed by atoms with E-state index in [0.29, 0.717) is 6.42 Å². The lowest BCUT2D eigenvalue weighted by Crippen LogP contribution is -2.32. The number of aliphatic carboxylic acids is 2. The van der Waals surface area contributed by atoms with Gasteiger partial charge in [-0.05, 0) is 19.0 Å². The highest BCUT2D eigenvalue weighted by molar-refractivity contribution is 5.73. The zero-order chi connectivity index (χ0) is 14.0. The summed E-state index contributed by atoms with van der Waals surface area (Å²) in [5, 5.41) is 18.8. The second-order valence-electron chi connectivity index (χ2n) is 3.56. The summed E-state index contributed by atoms with van der Waals surface area (Å²) >= 11 is 0. The SMILES string of the molecule is CNCC(=O)O.N[C@@H](Cc1ccccc1)C(=O)O. The lowest BCUT2D eigenvalue weighted by Gasteiger charge is -2.04. The minimum atomic E-state index is -0.959. The van der Waals surface area contributed by atoms with Gasteiger partial charge in [-0.15, -0.1) is 0 Å². The molecule has 5 N–H and O–H groups in total. The van der Waals surface area contributed by atoms with E-state index in [-0.39, 0.29) is 6.54 Å². The van der Waals surface area contributed by atoms with Crippen molar-refractivity contribution in [2.75, 3.05) is 13.6 Å². The van der Waals surface area contributed by atoms with Crippen molar-refractivity contribution < 1.29 is 19.8 Å². The molecule has 1 aromatic rings. The van der Waals surface area contributed by atoms with Gasteiger partial charge in [-0.3, -0.25) is 9.59 Å². The molecule has 0 amide bonds. The molecule has 1 aromatic carbocycles. The van der Waals surface area contributed by atoms with Crippen LogP contribution in [0.25, 0.3) is 0 Å². The highest BCUT2D eigenvalue weighted by Gasteiger charge is 2.10. The number of carbonyl (C=O) groups is 2. The van der Waals surface area contributed by atoms with E-state index in [1.165, 1.54) is 0 Å². The normalized spacial score (nSPS) is 11.0. The highest BCUT2D eigenvalue weighted by atomic mass is 16.4. The second kappa shape index (κ2) is 9.15. The van der Waals surface area contributed by atoms with Gasteiger partial charge in [0, 0.05) is 0 Å². The van der Waals surface area contributed by atoms with Gasteiger partial charge in [0.05, 0.1) is 6.54 Å². The number of nitrogens with two attached hydrogens (primary N) is 1. The van der Waals surface area contributed by atoms with Crippen LogP contribution in [-0.4, -0.2) is 41.8 Å². The van der Waals surface area contributed by atoms with Gasteiger partial charge >= 0.3 is 11.9 Å². The van der Waals surface area contributed by atoms with E-state index in [9.17, 15) is 9.59 Å².